The summed E-state index contributed by atoms with van der Waals surface area (Å²) in [5, 5.41) is 18.5. The number of ether oxygens (including phenoxy) is 2. The second-order valence-electron chi connectivity index (χ2n) is 4.36. The van der Waals surface area contributed by atoms with E-state index in [-0.39, 0.29) is 6.10 Å². The minimum absolute atomic E-state index is 0.125. The van der Waals surface area contributed by atoms with Crippen molar-refractivity contribution in [1.29, 1.82) is 0 Å². The smallest absolute Gasteiger partial charge is 0.491 e. The SMILES string of the molecule is Cc1ccc(OCC2CCCO2)c(B(O)O)c1. The minimum Gasteiger partial charge on any atom is -0.491 e. The summed E-state index contributed by atoms with van der Waals surface area (Å²) in [6, 6.07) is 5.37. The zero-order chi connectivity index (χ0) is 12.3. The first kappa shape index (κ1) is 12.4. The molecule has 5 heteroatoms. The fraction of sp³-hybridized carbons (Fsp3) is 0.500. The van der Waals surface area contributed by atoms with Gasteiger partial charge in [-0.3, -0.25) is 0 Å². The Labute approximate surface area is 101 Å². The molecule has 2 N–H and O–H groups in total. The highest BCUT2D eigenvalue weighted by Gasteiger charge is 2.20. The van der Waals surface area contributed by atoms with Crippen molar-refractivity contribution in [3.8, 4) is 5.75 Å². The number of aryl methyl sites for hydroxylation is 1. The zero-order valence-corrected chi connectivity index (χ0v) is 9.93. The van der Waals surface area contributed by atoms with Gasteiger partial charge in [-0.05, 0) is 25.8 Å². The van der Waals surface area contributed by atoms with Gasteiger partial charge in [0.2, 0.25) is 0 Å². The van der Waals surface area contributed by atoms with Crippen LogP contribution in [0.15, 0.2) is 18.2 Å². The van der Waals surface area contributed by atoms with E-state index < -0.39 is 7.12 Å². The molecule has 92 valence electrons. The first-order valence-corrected chi connectivity index (χ1v) is 5.88. The highest BCUT2D eigenvalue weighted by Crippen LogP contribution is 2.15. The van der Waals surface area contributed by atoms with Gasteiger partial charge in [-0.2, -0.15) is 0 Å². The summed E-state index contributed by atoms with van der Waals surface area (Å²) >= 11 is 0. The van der Waals surface area contributed by atoms with Crippen molar-refractivity contribution in [1.82, 2.24) is 0 Å². The van der Waals surface area contributed by atoms with Gasteiger partial charge in [-0.1, -0.05) is 17.7 Å². The summed E-state index contributed by atoms with van der Waals surface area (Å²) in [5.41, 5.74) is 1.38. The van der Waals surface area contributed by atoms with Crippen molar-refractivity contribution in [2.75, 3.05) is 13.2 Å². The summed E-state index contributed by atoms with van der Waals surface area (Å²) in [6.45, 7) is 3.15. The van der Waals surface area contributed by atoms with E-state index in [1.807, 2.05) is 13.0 Å². The van der Waals surface area contributed by atoms with Crippen molar-refractivity contribution in [2.45, 2.75) is 25.9 Å². The van der Waals surface area contributed by atoms with E-state index in [0.29, 0.717) is 17.8 Å². The topological polar surface area (TPSA) is 58.9 Å². The standard InChI is InChI=1S/C12H17BO4/c1-9-4-5-12(11(7-9)13(14)15)17-8-10-3-2-6-16-10/h4-5,7,10,14-15H,2-3,6,8H2,1H3. The molecule has 0 aliphatic carbocycles. The molecule has 1 aromatic rings. The van der Waals surface area contributed by atoms with Crippen LogP contribution in [-0.2, 0) is 4.74 Å². The molecule has 1 unspecified atom stereocenters. The van der Waals surface area contributed by atoms with Gasteiger partial charge in [0, 0.05) is 12.1 Å². The van der Waals surface area contributed by atoms with Crippen molar-refractivity contribution in [3.05, 3.63) is 23.8 Å². The second kappa shape index (κ2) is 5.53. The Morgan fingerprint density at radius 2 is 2.29 bits per heavy atom. The Bertz CT molecular complexity index is 375. The molecule has 0 aromatic heterocycles. The maximum absolute atomic E-state index is 9.27. The molecule has 4 nitrogen and oxygen atoms in total. The van der Waals surface area contributed by atoms with E-state index in [1.54, 1.807) is 12.1 Å². The fourth-order valence-electron chi connectivity index (χ4n) is 1.96. The Morgan fingerprint density at radius 1 is 1.47 bits per heavy atom. The van der Waals surface area contributed by atoms with Gasteiger partial charge in [-0.25, -0.2) is 0 Å². The maximum Gasteiger partial charge on any atom is 0.492 e. The molecule has 0 saturated carbocycles. The van der Waals surface area contributed by atoms with E-state index >= 15 is 0 Å². The average molecular weight is 236 g/mol. The minimum atomic E-state index is -1.51. The van der Waals surface area contributed by atoms with Crippen LogP contribution in [0.25, 0.3) is 0 Å². The van der Waals surface area contributed by atoms with E-state index in [9.17, 15) is 10.0 Å². The van der Waals surface area contributed by atoms with E-state index in [1.165, 1.54) is 0 Å². The molecule has 1 aliphatic heterocycles. The molecule has 2 rings (SSSR count). The lowest BCUT2D eigenvalue weighted by Gasteiger charge is -2.14. The predicted octanol–water partition coefficient (Wildman–Crippen LogP) is 0.233. The van der Waals surface area contributed by atoms with Crippen molar-refractivity contribution in [3.63, 3.8) is 0 Å². The zero-order valence-electron chi connectivity index (χ0n) is 9.93. The largest absolute Gasteiger partial charge is 0.492 e. The lowest BCUT2D eigenvalue weighted by atomic mass is 9.79. The summed E-state index contributed by atoms with van der Waals surface area (Å²) in [7, 11) is -1.51. The quantitative estimate of drug-likeness (QED) is 0.735. The number of hydrogen-bond donors (Lipinski definition) is 2. The van der Waals surface area contributed by atoms with Crippen LogP contribution in [0.4, 0.5) is 0 Å². The van der Waals surface area contributed by atoms with Gasteiger partial charge in [-0.15, -0.1) is 0 Å². The Kier molecular flexibility index (Phi) is 4.04. The van der Waals surface area contributed by atoms with E-state index in [2.05, 4.69) is 0 Å². The van der Waals surface area contributed by atoms with E-state index in [0.717, 1.165) is 25.0 Å². The van der Waals surface area contributed by atoms with Crippen LogP contribution in [0.3, 0.4) is 0 Å². The van der Waals surface area contributed by atoms with Crippen LogP contribution in [0, 0.1) is 6.92 Å². The lowest BCUT2D eigenvalue weighted by Crippen LogP contribution is -2.32. The molecule has 1 heterocycles. The lowest BCUT2D eigenvalue weighted by molar-refractivity contribution is 0.0682. The van der Waals surface area contributed by atoms with Crippen molar-refractivity contribution >= 4 is 12.6 Å². The summed E-state index contributed by atoms with van der Waals surface area (Å²) in [6.07, 6.45) is 2.19. The van der Waals surface area contributed by atoms with Crippen LogP contribution in [0.2, 0.25) is 0 Å². The molecular formula is C12H17BO4. The fourth-order valence-corrected chi connectivity index (χ4v) is 1.96. The molecule has 1 aliphatic rings. The molecule has 0 radical (unpaired) electrons. The second-order valence-corrected chi connectivity index (χ2v) is 4.36. The maximum atomic E-state index is 9.27. The molecule has 1 saturated heterocycles. The molecule has 1 aromatic carbocycles. The molecule has 17 heavy (non-hydrogen) atoms. The third kappa shape index (κ3) is 3.22. The third-order valence-electron chi connectivity index (χ3n) is 2.89. The van der Waals surface area contributed by atoms with Crippen LogP contribution in [-0.4, -0.2) is 36.5 Å². The highest BCUT2D eigenvalue weighted by atomic mass is 16.5. The van der Waals surface area contributed by atoms with Gasteiger partial charge in [0.05, 0.1) is 6.10 Å². The summed E-state index contributed by atoms with van der Waals surface area (Å²) < 4.78 is 11.0. The third-order valence-corrected chi connectivity index (χ3v) is 2.89. The van der Waals surface area contributed by atoms with E-state index in [4.69, 9.17) is 9.47 Å². The average Bonchev–Trinajstić information content (AvgIpc) is 2.80. The van der Waals surface area contributed by atoms with Crippen LogP contribution in [0.5, 0.6) is 5.75 Å². The molecule has 0 spiro atoms. The van der Waals surface area contributed by atoms with Crippen LogP contribution < -0.4 is 10.2 Å². The molecule has 1 atom stereocenters. The first-order valence-electron chi connectivity index (χ1n) is 5.88. The van der Waals surface area contributed by atoms with Gasteiger partial charge in [0.1, 0.15) is 12.4 Å². The van der Waals surface area contributed by atoms with Gasteiger partial charge in [0.25, 0.3) is 0 Å². The molecular weight excluding hydrogens is 219 g/mol. The number of hydrogen-bond acceptors (Lipinski definition) is 4. The first-order chi connectivity index (χ1) is 8.16. The molecule has 0 bridgehead atoms. The monoisotopic (exact) mass is 236 g/mol. The normalized spacial score (nSPS) is 19.4. The Balaban J connectivity index is 2.03. The van der Waals surface area contributed by atoms with Gasteiger partial charge >= 0.3 is 7.12 Å². The molecule has 1 fully saturated rings. The molecule has 0 amide bonds. The van der Waals surface area contributed by atoms with Crippen molar-refractivity contribution < 1.29 is 19.5 Å². The summed E-state index contributed by atoms with van der Waals surface area (Å²) in [5.74, 6) is 0.515. The van der Waals surface area contributed by atoms with Crippen molar-refractivity contribution in [2.24, 2.45) is 0 Å². The van der Waals surface area contributed by atoms with Gasteiger partial charge in [0.15, 0.2) is 0 Å². The van der Waals surface area contributed by atoms with Crippen LogP contribution >= 0.6 is 0 Å². The van der Waals surface area contributed by atoms with Gasteiger partial charge < -0.3 is 19.5 Å². The summed E-state index contributed by atoms with van der Waals surface area (Å²) in [4.78, 5) is 0. The number of rotatable bonds is 4. The Morgan fingerprint density at radius 3 is 2.94 bits per heavy atom. The number of benzene rings is 1. The highest BCUT2D eigenvalue weighted by molar-refractivity contribution is 6.59. The van der Waals surface area contributed by atoms with Crippen LogP contribution in [0.1, 0.15) is 18.4 Å². The predicted molar refractivity (Wildman–Crippen MR) is 65.5 cm³/mol. The Hall–Kier alpha value is -1.04.